The molecule has 11 atom stereocenters. The lowest BCUT2D eigenvalue weighted by molar-refractivity contribution is -0.157. The van der Waals surface area contributed by atoms with E-state index in [1.807, 2.05) is 20.8 Å². The van der Waals surface area contributed by atoms with Crippen LogP contribution < -0.4 is 58.3 Å². The van der Waals surface area contributed by atoms with Gasteiger partial charge >= 0.3 is 35.8 Å². The normalized spacial score (nSPS) is 15.8. The molecule has 0 saturated carbocycles. The molecule has 2 aromatic carbocycles. The summed E-state index contributed by atoms with van der Waals surface area (Å²) in [6.45, 7) is 35.8. The molecule has 2 aromatic rings. The maximum atomic E-state index is 15.4. The van der Waals surface area contributed by atoms with Gasteiger partial charge in [-0.1, -0.05) is 76.6 Å². The zero-order valence-corrected chi connectivity index (χ0v) is 73.6. The molecule has 1 saturated heterocycles. The lowest BCUT2D eigenvalue weighted by Crippen LogP contribution is -2.61. The Bertz CT molecular complexity index is 3810. The summed E-state index contributed by atoms with van der Waals surface area (Å²) in [4.78, 5) is 228. The number of nitrogens with one attached hydrogen (secondary N) is 9. The lowest BCUT2D eigenvalue weighted by atomic mass is 9.96. The van der Waals surface area contributed by atoms with E-state index in [0.717, 1.165) is 0 Å². The maximum Gasteiger partial charge on any atom is 0.326 e. The molecule has 119 heavy (non-hydrogen) atoms. The Morgan fingerprint density at radius 1 is 0.429 bits per heavy atom. The van der Waals surface area contributed by atoms with Crippen LogP contribution in [0.1, 0.15) is 247 Å². The molecule has 0 radical (unpaired) electrons. The van der Waals surface area contributed by atoms with Crippen molar-refractivity contribution in [2.75, 3.05) is 13.1 Å². The number of hydrogen-bond donors (Lipinski definition) is 11. The number of benzene rings is 2. The third-order valence-electron chi connectivity index (χ3n) is 17.7. The first-order valence-corrected chi connectivity index (χ1v) is 40.7. The van der Waals surface area contributed by atoms with Gasteiger partial charge in [-0.3, -0.25) is 71.9 Å². The number of nitrogens with two attached hydrogens (primary N) is 1. The predicted octanol–water partition coefficient (Wildman–Crippen LogP) is 5.36. The van der Waals surface area contributed by atoms with Gasteiger partial charge in [-0.15, -0.1) is 0 Å². The molecular formula is C85H133N11O23. The number of carbonyl (C=O) groups is 16. The molecule has 0 aliphatic carbocycles. The number of aliphatic carboxylic acids is 1. The molecule has 1 aliphatic rings. The van der Waals surface area contributed by atoms with Crippen molar-refractivity contribution in [3.05, 3.63) is 65.7 Å². The zero-order chi connectivity index (χ0) is 90.5. The van der Waals surface area contributed by atoms with Crippen molar-refractivity contribution in [2.24, 2.45) is 17.6 Å². The first-order chi connectivity index (χ1) is 54.8. The highest BCUT2D eigenvalue weighted by Crippen LogP contribution is 2.26. The number of carboxylic acids is 1. The number of carbonyl (C=O) groups excluding carboxylic acids is 15. The second kappa shape index (κ2) is 46.3. The number of rotatable bonds is 43. The van der Waals surface area contributed by atoms with Gasteiger partial charge in [0, 0.05) is 45.1 Å². The fourth-order valence-electron chi connectivity index (χ4n) is 12.3. The van der Waals surface area contributed by atoms with Crippen molar-refractivity contribution < 1.29 is 110 Å². The van der Waals surface area contributed by atoms with Gasteiger partial charge in [0.25, 0.3) is 0 Å². The molecule has 1 aliphatic heterocycles. The number of likely N-dealkylation sites (tertiary alicyclic amines) is 1. The van der Waals surface area contributed by atoms with E-state index < -0.39 is 259 Å². The molecule has 3 rings (SSSR count). The summed E-state index contributed by atoms with van der Waals surface area (Å²) in [5.41, 5.74) is 0.903. The van der Waals surface area contributed by atoms with Crippen LogP contribution >= 0.6 is 0 Å². The van der Waals surface area contributed by atoms with Crippen LogP contribution in [0.15, 0.2) is 54.6 Å². The van der Waals surface area contributed by atoms with Gasteiger partial charge in [0.2, 0.25) is 59.1 Å². The highest BCUT2D eigenvalue weighted by molar-refractivity contribution is 6.00. The molecule has 12 N–H and O–H groups in total. The molecule has 666 valence electrons. The van der Waals surface area contributed by atoms with E-state index in [0.29, 0.717) is 16.9 Å². The van der Waals surface area contributed by atoms with Crippen LogP contribution in [0.4, 0.5) is 0 Å². The van der Waals surface area contributed by atoms with E-state index in [9.17, 15) is 57.8 Å². The van der Waals surface area contributed by atoms with Crippen LogP contribution in [-0.4, -0.2) is 212 Å². The van der Waals surface area contributed by atoms with E-state index >= 15 is 24.0 Å². The van der Waals surface area contributed by atoms with Gasteiger partial charge in [-0.2, -0.15) is 0 Å². The van der Waals surface area contributed by atoms with E-state index in [2.05, 4.69) is 47.9 Å². The largest absolute Gasteiger partial charge is 0.488 e. The standard InChI is InChI=1S/C85H133N11O23/c1-23-50(4)69(95-73(106)57(38-42-67(101)118-84(17,18)19)89-70(103)54(35-39-64(98)115-81(8,9)10)90-74(107)58(45-51-28-25-24-26-29-51)93-76(109)60(87-63(97)48-86)47-68(102)119-85(20,21)22)78(111)96-43-27-30-62(96)77(110)91-56(37-41-66(100)117-83(14,15)16)71(104)88-55(36-40-65(99)116-82(11,12)13)72(105)92-59(75(108)94-61(79(112)113)44-49(2)3)46-52-31-33-53(34-32-52)114-80(5,6)7/h24-26,28-29,31-34,49-50,54-62,69H,23,27,30,35-48,86H2,1-22H3,(H,87,97)(H,88,104)(H,89,103)(H,90,107)(H,91,110)(H,92,105)(H,93,109)(H,94,108)(H,95,106)(H,112,113)/t50-,54-,55-,56-,57-,58-,59-,60-,61-,62-,69-/m0/s1. The number of esters is 5. The Hall–Kier alpha value is -10.3. The minimum atomic E-state index is -1.75. The Morgan fingerprint density at radius 2 is 0.773 bits per heavy atom. The van der Waals surface area contributed by atoms with Gasteiger partial charge in [-0.25, -0.2) is 4.79 Å². The van der Waals surface area contributed by atoms with E-state index in [1.165, 1.54) is 4.90 Å². The lowest BCUT2D eigenvalue weighted by Gasteiger charge is -2.33. The van der Waals surface area contributed by atoms with Crippen molar-refractivity contribution in [3.63, 3.8) is 0 Å². The smallest absolute Gasteiger partial charge is 0.326 e. The Labute approximate surface area is 699 Å². The van der Waals surface area contributed by atoms with Crippen LogP contribution in [0.25, 0.3) is 0 Å². The molecule has 34 heteroatoms. The molecule has 0 aromatic heterocycles. The van der Waals surface area contributed by atoms with Gasteiger partial charge in [0.15, 0.2) is 0 Å². The number of nitrogens with zero attached hydrogens (tertiary/aromatic N) is 1. The molecule has 34 nitrogen and oxygen atoms in total. The Kier molecular flexibility index (Phi) is 40.1. The summed E-state index contributed by atoms with van der Waals surface area (Å²) in [5, 5.41) is 33.6. The Morgan fingerprint density at radius 3 is 1.13 bits per heavy atom. The highest BCUT2D eigenvalue weighted by Gasteiger charge is 2.43. The zero-order valence-electron chi connectivity index (χ0n) is 73.6. The minimum absolute atomic E-state index is 0.0128. The first-order valence-electron chi connectivity index (χ1n) is 40.7. The molecule has 0 spiro atoms. The quantitative estimate of drug-likeness (QED) is 0.0294. The van der Waals surface area contributed by atoms with Crippen LogP contribution in [0.5, 0.6) is 5.75 Å². The van der Waals surface area contributed by atoms with E-state index in [1.54, 1.807) is 186 Å². The van der Waals surface area contributed by atoms with E-state index in [-0.39, 0.29) is 51.0 Å². The third kappa shape index (κ3) is 40.8. The molecule has 0 unspecified atom stereocenters. The van der Waals surface area contributed by atoms with Crippen LogP contribution in [0.3, 0.4) is 0 Å². The fourth-order valence-corrected chi connectivity index (χ4v) is 12.3. The van der Waals surface area contributed by atoms with Gasteiger partial charge in [0.1, 0.15) is 99.8 Å². The van der Waals surface area contributed by atoms with Crippen molar-refractivity contribution in [2.45, 2.75) is 343 Å². The topological polar surface area (TPSA) is 486 Å². The minimum Gasteiger partial charge on any atom is -0.488 e. The van der Waals surface area contributed by atoms with Crippen molar-refractivity contribution in [1.82, 2.24) is 52.8 Å². The summed E-state index contributed by atoms with van der Waals surface area (Å²) < 4.78 is 33.7. The number of amides is 10. The van der Waals surface area contributed by atoms with Crippen molar-refractivity contribution in [3.8, 4) is 5.75 Å². The summed E-state index contributed by atoms with van der Waals surface area (Å²) in [6, 6.07) is -1.07. The predicted molar refractivity (Wildman–Crippen MR) is 439 cm³/mol. The van der Waals surface area contributed by atoms with Crippen LogP contribution in [0.2, 0.25) is 0 Å². The summed E-state index contributed by atoms with van der Waals surface area (Å²) >= 11 is 0. The van der Waals surface area contributed by atoms with Gasteiger partial charge in [0.05, 0.1) is 13.0 Å². The molecule has 1 heterocycles. The Balaban J connectivity index is 2.20. The first kappa shape index (κ1) is 103. The molecule has 0 bridgehead atoms. The SMILES string of the molecule is CC[C@H](C)[C@H](NC(=O)[C@H](CCC(=O)OC(C)(C)C)NC(=O)[C@H](CCC(=O)OC(C)(C)C)NC(=O)[C@H](Cc1ccccc1)NC(=O)[C@H](CC(=O)OC(C)(C)C)NC(=O)CN)C(=O)N1CCC[C@H]1C(=O)N[C@@H](CCC(=O)OC(C)(C)C)C(=O)N[C@@H](CCC(=O)OC(C)(C)C)C(=O)N[C@@H](Cc1ccc(OC(C)(C)C)cc1)C(=O)N[C@@H](CC(C)C)C(=O)O. The van der Waals surface area contributed by atoms with Gasteiger partial charge < -0.3 is 92.0 Å². The van der Waals surface area contributed by atoms with Crippen LogP contribution in [-0.2, 0) is 113 Å². The average molecular weight is 1680 g/mol. The highest BCUT2D eigenvalue weighted by atomic mass is 16.6. The van der Waals surface area contributed by atoms with Crippen molar-refractivity contribution in [1.29, 1.82) is 0 Å². The summed E-state index contributed by atoms with van der Waals surface area (Å²) in [7, 11) is 0. The fraction of sp³-hybridized carbons (Fsp3) is 0.671. The number of carboxylic acid groups (broad SMARTS) is 1. The summed E-state index contributed by atoms with van der Waals surface area (Å²) in [5.74, 6) is -15.7. The maximum absolute atomic E-state index is 15.4. The third-order valence-corrected chi connectivity index (χ3v) is 17.7. The van der Waals surface area contributed by atoms with Crippen LogP contribution in [0, 0.1) is 11.8 Å². The number of ether oxygens (including phenoxy) is 6. The van der Waals surface area contributed by atoms with E-state index in [4.69, 9.17) is 34.2 Å². The van der Waals surface area contributed by atoms with Crippen molar-refractivity contribution >= 4 is 94.9 Å². The average Bonchev–Trinajstić information content (AvgIpc) is 1.73. The molecular weight excluding hydrogens is 1540 g/mol. The summed E-state index contributed by atoms with van der Waals surface area (Å²) in [6.07, 6.45) is -4.79. The van der Waals surface area contributed by atoms with Gasteiger partial charge in [-0.05, 0) is 205 Å². The molecule has 10 amide bonds. The molecule has 1 fully saturated rings. The second-order valence-corrected chi connectivity index (χ2v) is 36.3. The number of hydrogen-bond acceptors (Lipinski definition) is 23. The monoisotopic (exact) mass is 1680 g/mol. The second-order valence-electron chi connectivity index (χ2n) is 36.3.